The molecule has 0 fully saturated rings. The molecule has 2 heteroatoms. The van der Waals surface area contributed by atoms with Crippen LogP contribution >= 0.6 is 0 Å². The van der Waals surface area contributed by atoms with Crippen LogP contribution in [0.1, 0.15) is 64.3 Å². The fraction of sp³-hybridized carbons (Fsp3) is 0.688. The molecule has 102 valence electrons. The van der Waals surface area contributed by atoms with Crippen LogP contribution in [0.5, 0.6) is 0 Å². The van der Waals surface area contributed by atoms with Gasteiger partial charge < -0.3 is 5.32 Å². The van der Waals surface area contributed by atoms with Gasteiger partial charge in [0.05, 0.1) is 11.7 Å². The third-order valence-electron chi connectivity index (χ3n) is 3.74. The van der Waals surface area contributed by atoms with Gasteiger partial charge in [0, 0.05) is 6.20 Å². The van der Waals surface area contributed by atoms with Gasteiger partial charge in [-0.2, -0.15) is 0 Å². The van der Waals surface area contributed by atoms with Crippen molar-refractivity contribution in [2.45, 2.75) is 59.4 Å². The van der Waals surface area contributed by atoms with Gasteiger partial charge in [-0.3, -0.25) is 4.98 Å². The van der Waals surface area contributed by atoms with Crippen molar-refractivity contribution in [3.63, 3.8) is 0 Å². The molecule has 0 aliphatic carbocycles. The van der Waals surface area contributed by atoms with Crippen LogP contribution in [0.2, 0.25) is 0 Å². The van der Waals surface area contributed by atoms with Gasteiger partial charge in [-0.25, -0.2) is 0 Å². The molecular weight excluding hydrogens is 220 g/mol. The average Bonchev–Trinajstić information content (AvgIpc) is 2.43. The van der Waals surface area contributed by atoms with Crippen molar-refractivity contribution < 1.29 is 0 Å². The molecule has 0 saturated heterocycles. The van der Waals surface area contributed by atoms with Crippen molar-refractivity contribution >= 4 is 0 Å². The van der Waals surface area contributed by atoms with E-state index in [0.29, 0.717) is 12.0 Å². The lowest BCUT2D eigenvalue weighted by Crippen LogP contribution is -2.30. The molecule has 0 bridgehead atoms. The minimum atomic E-state index is 0.413. The topological polar surface area (TPSA) is 24.9 Å². The smallest absolute Gasteiger partial charge is 0.0607 e. The minimum absolute atomic E-state index is 0.413. The van der Waals surface area contributed by atoms with Gasteiger partial charge in [0.25, 0.3) is 0 Å². The van der Waals surface area contributed by atoms with E-state index in [4.69, 9.17) is 0 Å². The fourth-order valence-electron chi connectivity index (χ4n) is 2.58. The van der Waals surface area contributed by atoms with Crippen molar-refractivity contribution in [1.29, 1.82) is 0 Å². The number of rotatable bonds is 8. The molecule has 1 N–H and O–H groups in total. The summed E-state index contributed by atoms with van der Waals surface area (Å²) >= 11 is 0. The van der Waals surface area contributed by atoms with E-state index in [2.05, 4.69) is 44.1 Å². The van der Waals surface area contributed by atoms with Gasteiger partial charge in [0.1, 0.15) is 0 Å². The molecule has 0 aliphatic rings. The summed E-state index contributed by atoms with van der Waals surface area (Å²) in [5, 5.41) is 3.70. The van der Waals surface area contributed by atoms with Gasteiger partial charge >= 0.3 is 0 Å². The van der Waals surface area contributed by atoms with Crippen LogP contribution in [-0.2, 0) is 6.42 Å². The van der Waals surface area contributed by atoms with E-state index in [1.165, 1.54) is 30.5 Å². The maximum Gasteiger partial charge on any atom is 0.0607 e. The second kappa shape index (κ2) is 8.25. The Kier molecular flexibility index (Phi) is 6.96. The Morgan fingerprint density at radius 2 is 1.89 bits per heavy atom. The predicted octanol–water partition coefficient (Wildman–Crippen LogP) is 4.12. The Hall–Kier alpha value is -0.890. The first kappa shape index (κ1) is 15.2. The van der Waals surface area contributed by atoms with E-state index in [9.17, 15) is 0 Å². The standard InChI is InChI=1S/C16H28N2/c1-5-11-17-15(13(6-2)7-3)16-14(8-4)10-9-12-18-16/h9-10,12-13,15,17H,5-8,11H2,1-4H3. The molecule has 0 amide bonds. The third-order valence-corrected chi connectivity index (χ3v) is 3.74. The van der Waals surface area contributed by atoms with Gasteiger partial charge in [0.15, 0.2) is 0 Å². The minimum Gasteiger partial charge on any atom is -0.308 e. The zero-order chi connectivity index (χ0) is 13.4. The highest BCUT2D eigenvalue weighted by Gasteiger charge is 2.22. The summed E-state index contributed by atoms with van der Waals surface area (Å²) in [6.45, 7) is 10.1. The maximum absolute atomic E-state index is 4.66. The highest BCUT2D eigenvalue weighted by molar-refractivity contribution is 5.23. The number of hydrogen-bond donors (Lipinski definition) is 1. The van der Waals surface area contributed by atoms with E-state index >= 15 is 0 Å². The van der Waals surface area contributed by atoms with Gasteiger partial charge in [-0.15, -0.1) is 0 Å². The molecule has 0 aliphatic heterocycles. The molecule has 2 nitrogen and oxygen atoms in total. The molecule has 0 spiro atoms. The van der Waals surface area contributed by atoms with Crippen molar-refractivity contribution in [2.24, 2.45) is 5.92 Å². The molecule has 1 aromatic rings. The van der Waals surface area contributed by atoms with E-state index in [1.54, 1.807) is 0 Å². The molecule has 1 rings (SSSR count). The second-order valence-corrected chi connectivity index (χ2v) is 4.91. The third kappa shape index (κ3) is 3.81. The second-order valence-electron chi connectivity index (χ2n) is 4.91. The largest absolute Gasteiger partial charge is 0.308 e. The van der Waals surface area contributed by atoms with E-state index < -0.39 is 0 Å². The highest BCUT2D eigenvalue weighted by atomic mass is 14.9. The van der Waals surface area contributed by atoms with E-state index in [1.807, 2.05) is 12.3 Å². The van der Waals surface area contributed by atoms with Crippen LogP contribution in [0.15, 0.2) is 18.3 Å². The Morgan fingerprint density at radius 1 is 1.17 bits per heavy atom. The molecular formula is C16H28N2. The van der Waals surface area contributed by atoms with E-state index in [-0.39, 0.29) is 0 Å². The number of nitrogens with zero attached hydrogens (tertiary/aromatic N) is 1. The van der Waals surface area contributed by atoms with Crippen molar-refractivity contribution in [1.82, 2.24) is 10.3 Å². The fourth-order valence-corrected chi connectivity index (χ4v) is 2.58. The number of aromatic nitrogens is 1. The summed E-state index contributed by atoms with van der Waals surface area (Å²) in [5.41, 5.74) is 2.65. The van der Waals surface area contributed by atoms with Crippen molar-refractivity contribution in [3.05, 3.63) is 29.6 Å². The molecule has 18 heavy (non-hydrogen) atoms. The SMILES string of the molecule is CCCNC(c1ncccc1CC)C(CC)CC. The van der Waals surface area contributed by atoms with Crippen LogP contribution in [0.4, 0.5) is 0 Å². The number of nitrogens with one attached hydrogen (secondary N) is 1. The lowest BCUT2D eigenvalue weighted by atomic mass is 9.89. The summed E-state index contributed by atoms with van der Waals surface area (Å²) in [5.74, 6) is 0.678. The lowest BCUT2D eigenvalue weighted by molar-refractivity contribution is 0.334. The zero-order valence-electron chi connectivity index (χ0n) is 12.4. The summed E-state index contributed by atoms with van der Waals surface area (Å²) < 4.78 is 0. The van der Waals surface area contributed by atoms with Crippen LogP contribution < -0.4 is 5.32 Å². The predicted molar refractivity (Wildman–Crippen MR) is 78.7 cm³/mol. The first-order chi connectivity index (χ1) is 8.78. The summed E-state index contributed by atoms with van der Waals surface area (Å²) in [6, 6.07) is 4.67. The monoisotopic (exact) mass is 248 g/mol. The van der Waals surface area contributed by atoms with Gasteiger partial charge in [-0.1, -0.05) is 46.6 Å². The quantitative estimate of drug-likeness (QED) is 0.748. The first-order valence-corrected chi connectivity index (χ1v) is 7.45. The summed E-state index contributed by atoms with van der Waals surface area (Å²) in [7, 11) is 0. The summed E-state index contributed by atoms with van der Waals surface area (Å²) in [6.07, 6.45) is 6.57. The van der Waals surface area contributed by atoms with Crippen LogP contribution in [-0.4, -0.2) is 11.5 Å². The normalized spacial score (nSPS) is 12.9. The highest BCUT2D eigenvalue weighted by Crippen LogP contribution is 2.28. The van der Waals surface area contributed by atoms with Crippen molar-refractivity contribution in [2.75, 3.05) is 6.54 Å². The summed E-state index contributed by atoms with van der Waals surface area (Å²) in [4.78, 5) is 4.66. The Morgan fingerprint density at radius 3 is 2.44 bits per heavy atom. The molecule has 0 aromatic carbocycles. The first-order valence-electron chi connectivity index (χ1n) is 7.45. The maximum atomic E-state index is 4.66. The molecule has 0 radical (unpaired) electrons. The molecule has 1 aromatic heterocycles. The Bertz CT molecular complexity index is 332. The van der Waals surface area contributed by atoms with E-state index in [0.717, 1.165) is 13.0 Å². The number of pyridine rings is 1. The molecule has 0 saturated carbocycles. The molecule has 1 unspecified atom stereocenters. The average molecular weight is 248 g/mol. The van der Waals surface area contributed by atoms with Crippen LogP contribution in [0, 0.1) is 5.92 Å². The van der Waals surface area contributed by atoms with Gasteiger partial charge in [0.2, 0.25) is 0 Å². The van der Waals surface area contributed by atoms with Crippen molar-refractivity contribution in [3.8, 4) is 0 Å². The van der Waals surface area contributed by atoms with Crippen LogP contribution in [0.3, 0.4) is 0 Å². The molecule has 1 heterocycles. The Labute approximate surface area is 112 Å². The lowest BCUT2D eigenvalue weighted by Gasteiger charge is -2.27. The van der Waals surface area contributed by atoms with Crippen LogP contribution in [0.25, 0.3) is 0 Å². The molecule has 1 atom stereocenters. The van der Waals surface area contributed by atoms with Gasteiger partial charge in [-0.05, 0) is 36.9 Å². The zero-order valence-corrected chi connectivity index (χ0v) is 12.4. The Balaban J connectivity index is 2.99. The number of hydrogen-bond acceptors (Lipinski definition) is 2. The number of aryl methyl sites for hydroxylation is 1.